The summed E-state index contributed by atoms with van der Waals surface area (Å²) in [4.78, 5) is 4.38. The van der Waals surface area contributed by atoms with Crippen molar-refractivity contribution < 1.29 is 0 Å². The highest BCUT2D eigenvalue weighted by molar-refractivity contribution is 8.14. The number of nitrogens with zero attached hydrogens (tertiary/aromatic N) is 3. The summed E-state index contributed by atoms with van der Waals surface area (Å²) >= 11 is 1.80. The summed E-state index contributed by atoms with van der Waals surface area (Å²) < 4.78 is 1.81. The number of aryl methyl sites for hydroxylation is 1. The summed E-state index contributed by atoms with van der Waals surface area (Å²) in [6.45, 7) is 3.93. The molecule has 0 bridgehead atoms. The Morgan fingerprint density at radius 3 is 3.14 bits per heavy atom. The van der Waals surface area contributed by atoms with E-state index in [0.717, 1.165) is 18.3 Å². The van der Waals surface area contributed by atoms with E-state index in [2.05, 4.69) is 22.3 Å². The third kappa shape index (κ3) is 2.29. The minimum atomic E-state index is 0.617. The van der Waals surface area contributed by atoms with Gasteiger partial charge in [0.2, 0.25) is 0 Å². The molecule has 1 N–H and O–H groups in total. The first kappa shape index (κ1) is 9.58. The van der Waals surface area contributed by atoms with Crippen LogP contribution in [0.5, 0.6) is 0 Å². The smallest absolute Gasteiger partial charge is 0.157 e. The Balaban J connectivity index is 1.83. The Morgan fingerprint density at radius 1 is 1.71 bits per heavy atom. The maximum absolute atomic E-state index is 4.38. The number of hydrogen-bond donors (Lipinski definition) is 1. The van der Waals surface area contributed by atoms with Crippen molar-refractivity contribution >= 4 is 16.9 Å². The van der Waals surface area contributed by atoms with Crippen molar-refractivity contribution in [1.82, 2.24) is 15.1 Å². The average molecular weight is 210 g/mol. The normalized spacial score (nSPS) is 21.0. The standard InChI is InChI=1S/C9H14N4S/c1-7-3-10-9(14-7)11-4-8-5-12-13(2)6-8/h5-7H,3-4H2,1-2H3,(H,10,11). The van der Waals surface area contributed by atoms with E-state index < -0.39 is 0 Å². The first-order valence-electron chi connectivity index (χ1n) is 4.66. The molecule has 2 heterocycles. The highest BCUT2D eigenvalue weighted by Crippen LogP contribution is 2.18. The second-order valence-corrected chi connectivity index (χ2v) is 4.88. The largest absolute Gasteiger partial charge is 0.361 e. The first-order valence-corrected chi connectivity index (χ1v) is 5.54. The lowest BCUT2D eigenvalue weighted by Crippen LogP contribution is -2.18. The molecule has 0 radical (unpaired) electrons. The molecule has 0 aliphatic carbocycles. The van der Waals surface area contributed by atoms with Gasteiger partial charge in [-0.1, -0.05) is 18.7 Å². The second-order valence-electron chi connectivity index (χ2n) is 3.45. The van der Waals surface area contributed by atoms with Gasteiger partial charge in [-0.2, -0.15) is 5.10 Å². The molecular weight excluding hydrogens is 196 g/mol. The van der Waals surface area contributed by atoms with Crippen LogP contribution in [-0.4, -0.2) is 26.7 Å². The van der Waals surface area contributed by atoms with Crippen LogP contribution in [0.15, 0.2) is 17.4 Å². The van der Waals surface area contributed by atoms with Crippen LogP contribution in [0, 0.1) is 0 Å². The molecule has 0 aromatic carbocycles. The Hall–Kier alpha value is -0.970. The van der Waals surface area contributed by atoms with E-state index in [-0.39, 0.29) is 0 Å². The first-order chi connectivity index (χ1) is 6.74. The summed E-state index contributed by atoms with van der Waals surface area (Å²) in [5.74, 6) is 0. The molecule has 0 saturated heterocycles. The van der Waals surface area contributed by atoms with E-state index >= 15 is 0 Å². The zero-order valence-electron chi connectivity index (χ0n) is 8.40. The van der Waals surface area contributed by atoms with Crippen LogP contribution >= 0.6 is 11.8 Å². The van der Waals surface area contributed by atoms with E-state index in [4.69, 9.17) is 0 Å². The molecule has 1 aromatic rings. The molecule has 0 fully saturated rings. The van der Waals surface area contributed by atoms with Gasteiger partial charge in [0.05, 0.1) is 12.7 Å². The number of rotatable bonds is 2. The average Bonchev–Trinajstić information content (AvgIpc) is 2.72. The number of hydrogen-bond acceptors (Lipinski definition) is 4. The molecule has 1 aliphatic rings. The lowest BCUT2D eigenvalue weighted by atomic mass is 10.4. The summed E-state index contributed by atoms with van der Waals surface area (Å²) in [5, 5.41) is 9.08. The Kier molecular flexibility index (Phi) is 2.77. The maximum Gasteiger partial charge on any atom is 0.157 e. The lowest BCUT2D eigenvalue weighted by Gasteiger charge is -2.03. The second kappa shape index (κ2) is 4.04. The minimum absolute atomic E-state index is 0.617. The van der Waals surface area contributed by atoms with Gasteiger partial charge in [-0.15, -0.1) is 0 Å². The van der Waals surface area contributed by atoms with Crippen LogP contribution < -0.4 is 5.32 Å². The molecule has 4 nitrogen and oxygen atoms in total. The number of nitrogens with one attached hydrogen (secondary N) is 1. The molecule has 14 heavy (non-hydrogen) atoms. The third-order valence-corrected chi connectivity index (χ3v) is 3.06. The summed E-state index contributed by atoms with van der Waals surface area (Å²) in [6, 6.07) is 0. The predicted octanol–water partition coefficient (Wildman–Crippen LogP) is 1.00. The van der Waals surface area contributed by atoms with Gasteiger partial charge in [0.15, 0.2) is 5.17 Å². The molecule has 1 aromatic heterocycles. The van der Waals surface area contributed by atoms with Crippen molar-refractivity contribution in [2.75, 3.05) is 6.54 Å². The van der Waals surface area contributed by atoms with Gasteiger partial charge in [-0.25, -0.2) is 0 Å². The van der Waals surface area contributed by atoms with Gasteiger partial charge in [-0.05, 0) is 0 Å². The summed E-state index contributed by atoms with van der Waals surface area (Å²) in [6.07, 6.45) is 3.88. The van der Waals surface area contributed by atoms with E-state index in [9.17, 15) is 0 Å². The molecule has 1 atom stereocenters. The van der Waals surface area contributed by atoms with E-state index in [1.807, 2.05) is 24.1 Å². The Bertz CT molecular complexity index is 344. The topological polar surface area (TPSA) is 42.2 Å². The van der Waals surface area contributed by atoms with Gasteiger partial charge in [0, 0.05) is 30.6 Å². The fourth-order valence-electron chi connectivity index (χ4n) is 1.31. The van der Waals surface area contributed by atoms with Crippen LogP contribution in [0.1, 0.15) is 12.5 Å². The van der Waals surface area contributed by atoms with Crippen molar-refractivity contribution in [2.45, 2.75) is 18.7 Å². The van der Waals surface area contributed by atoms with Crippen molar-refractivity contribution in [1.29, 1.82) is 0 Å². The predicted molar refractivity (Wildman–Crippen MR) is 59.4 cm³/mol. The van der Waals surface area contributed by atoms with E-state index in [0.29, 0.717) is 5.25 Å². The van der Waals surface area contributed by atoms with Gasteiger partial charge in [0.25, 0.3) is 0 Å². The van der Waals surface area contributed by atoms with Crippen LogP contribution in [0.3, 0.4) is 0 Å². The van der Waals surface area contributed by atoms with Gasteiger partial charge < -0.3 is 5.32 Å². The van der Waals surface area contributed by atoms with Crippen molar-refractivity contribution in [3.8, 4) is 0 Å². The molecule has 2 rings (SSSR count). The highest BCUT2D eigenvalue weighted by atomic mass is 32.2. The van der Waals surface area contributed by atoms with Crippen LogP contribution in [0.4, 0.5) is 0 Å². The highest BCUT2D eigenvalue weighted by Gasteiger charge is 2.14. The van der Waals surface area contributed by atoms with Gasteiger partial charge in [-0.3, -0.25) is 9.67 Å². The number of thioether (sulfide) groups is 1. The zero-order valence-corrected chi connectivity index (χ0v) is 9.21. The Morgan fingerprint density at radius 2 is 2.57 bits per heavy atom. The SMILES string of the molecule is CC1CN=C(NCc2cnn(C)c2)S1. The monoisotopic (exact) mass is 210 g/mol. The quantitative estimate of drug-likeness (QED) is 0.792. The van der Waals surface area contributed by atoms with E-state index in [1.54, 1.807) is 11.8 Å². The van der Waals surface area contributed by atoms with Crippen LogP contribution in [0.25, 0.3) is 0 Å². The fourth-order valence-corrected chi connectivity index (χ4v) is 2.15. The third-order valence-electron chi connectivity index (χ3n) is 2.01. The van der Waals surface area contributed by atoms with Crippen LogP contribution in [-0.2, 0) is 13.6 Å². The molecule has 1 aliphatic heterocycles. The minimum Gasteiger partial charge on any atom is -0.361 e. The number of amidine groups is 1. The molecule has 1 unspecified atom stereocenters. The van der Waals surface area contributed by atoms with Gasteiger partial charge >= 0.3 is 0 Å². The zero-order chi connectivity index (χ0) is 9.97. The Labute approximate surface area is 87.8 Å². The maximum atomic E-state index is 4.38. The number of aliphatic imine (C=N–C) groups is 1. The molecular formula is C9H14N4S. The van der Waals surface area contributed by atoms with Crippen molar-refractivity contribution in [3.63, 3.8) is 0 Å². The molecule has 5 heteroatoms. The van der Waals surface area contributed by atoms with Gasteiger partial charge in [0.1, 0.15) is 0 Å². The summed E-state index contributed by atoms with van der Waals surface area (Å²) in [7, 11) is 1.92. The molecule has 0 amide bonds. The fraction of sp³-hybridized carbons (Fsp3) is 0.556. The van der Waals surface area contributed by atoms with Crippen LogP contribution in [0.2, 0.25) is 0 Å². The molecule has 76 valence electrons. The summed E-state index contributed by atoms with van der Waals surface area (Å²) in [5.41, 5.74) is 1.19. The van der Waals surface area contributed by atoms with Crippen molar-refractivity contribution in [2.24, 2.45) is 12.0 Å². The molecule has 0 spiro atoms. The lowest BCUT2D eigenvalue weighted by molar-refractivity contribution is 0.766. The van der Waals surface area contributed by atoms with E-state index in [1.165, 1.54) is 5.56 Å². The van der Waals surface area contributed by atoms with Crippen molar-refractivity contribution in [3.05, 3.63) is 18.0 Å². The number of aromatic nitrogens is 2. The molecule has 0 saturated carbocycles.